The average Bonchev–Trinajstić information content (AvgIpc) is 2.14. The van der Waals surface area contributed by atoms with Gasteiger partial charge in [0.05, 0.1) is 7.11 Å². The number of hydrogen-bond donors (Lipinski definition) is 0. The smallest absolute Gasteiger partial charge is 0.178 e. The van der Waals surface area contributed by atoms with Gasteiger partial charge in [-0.3, -0.25) is 4.79 Å². The van der Waals surface area contributed by atoms with Gasteiger partial charge in [-0.25, -0.2) is 0 Å². The van der Waals surface area contributed by atoms with Crippen LogP contribution in [0.1, 0.15) is 0 Å². The van der Waals surface area contributed by atoms with Gasteiger partial charge in [0.2, 0.25) is 0 Å². The first-order chi connectivity index (χ1) is 4.83. The van der Waals surface area contributed by atoms with E-state index >= 15 is 0 Å². The van der Waals surface area contributed by atoms with Crippen LogP contribution in [-0.2, 0) is 0 Å². The van der Waals surface area contributed by atoms with Gasteiger partial charge >= 0.3 is 0 Å². The number of methoxy groups -OCH3 is 1. The fourth-order valence-electron chi connectivity index (χ4n) is 0.649. The normalized spacial score (nSPS) is 8.90. The summed E-state index contributed by atoms with van der Waals surface area (Å²) >= 11 is 0. The van der Waals surface area contributed by atoms with Crippen molar-refractivity contribution in [3.63, 3.8) is 0 Å². The van der Waals surface area contributed by atoms with Gasteiger partial charge in [-0.2, -0.15) is 0 Å². The van der Waals surface area contributed by atoms with Crippen molar-refractivity contribution in [2.45, 2.75) is 0 Å². The van der Waals surface area contributed by atoms with Crippen LogP contribution in [0.5, 0.6) is 5.75 Å². The summed E-state index contributed by atoms with van der Waals surface area (Å²) in [6.45, 7) is 0. The highest BCUT2D eigenvalue weighted by molar-refractivity contribution is 5.19. The molecule has 0 unspecified atom stereocenters. The average molecular weight is 136 g/mol. The second-order valence-corrected chi connectivity index (χ2v) is 1.87. The number of hydrogen-bond acceptors (Lipinski definition) is 2. The molecule has 0 aliphatic rings. The minimum atomic E-state index is -0.0108. The molecule has 0 radical (unpaired) electrons. The molecule has 0 heterocycles. The molecule has 10 heavy (non-hydrogen) atoms. The Bertz CT molecular complexity index is 268. The minimum Gasteiger partial charge on any atom is -0.497 e. The quantitative estimate of drug-likeness (QED) is 0.577. The molecule has 0 fully saturated rings. The zero-order chi connectivity index (χ0) is 7.40. The molecule has 52 valence electrons. The van der Waals surface area contributed by atoms with Crippen LogP contribution in [0.2, 0.25) is 0 Å². The van der Waals surface area contributed by atoms with Crippen LogP contribution in [0.25, 0.3) is 0 Å². The topological polar surface area (TPSA) is 26.3 Å². The summed E-state index contributed by atoms with van der Waals surface area (Å²) in [5, 5.41) is 0. The molecule has 0 spiro atoms. The van der Waals surface area contributed by atoms with Gasteiger partial charge in [-0.1, -0.05) is 6.07 Å². The molecule has 2 nitrogen and oxygen atoms in total. The molecule has 0 saturated carbocycles. The van der Waals surface area contributed by atoms with E-state index in [2.05, 4.69) is 0 Å². The number of rotatable bonds is 1. The fourth-order valence-corrected chi connectivity index (χ4v) is 0.649. The van der Waals surface area contributed by atoms with Crippen LogP contribution in [0.4, 0.5) is 0 Å². The van der Waals surface area contributed by atoms with Crippen molar-refractivity contribution in [3.05, 3.63) is 40.6 Å². The molecule has 1 rings (SSSR count). The fraction of sp³-hybridized carbons (Fsp3) is 0.125. The molecule has 1 aromatic carbocycles. The Morgan fingerprint density at radius 3 is 2.70 bits per heavy atom. The number of ether oxygens (including phenoxy) is 1. The lowest BCUT2D eigenvalue weighted by Gasteiger charge is -1.90. The molecule has 0 aliphatic heterocycles. The summed E-state index contributed by atoms with van der Waals surface area (Å²) in [6, 6.07) is 8.01. The Morgan fingerprint density at radius 1 is 1.20 bits per heavy atom. The third-order valence-corrected chi connectivity index (χ3v) is 1.17. The minimum absolute atomic E-state index is 0.0108. The maximum Gasteiger partial charge on any atom is 0.178 e. The predicted octanol–water partition coefficient (Wildman–Crippen LogP) is 1.06. The van der Waals surface area contributed by atoms with Crippen LogP contribution < -0.4 is 10.2 Å². The summed E-state index contributed by atoms with van der Waals surface area (Å²) in [7, 11) is 1.57. The van der Waals surface area contributed by atoms with Crippen molar-refractivity contribution in [1.82, 2.24) is 0 Å². The zero-order valence-electron chi connectivity index (χ0n) is 5.70. The van der Waals surface area contributed by atoms with Gasteiger partial charge in [0.15, 0.2) is 5.43 Å². The molecule has 0 bridgehead atoms. The van der Waals surface area contributed by atoms with Gasteiger partial charge in [-0.15, -0.1) is 0 Å². The Hall–Kier alpha value is -1.31. The van der Waals surface area contributed by atoms with E-state index < -0.39 is 0 Å². The van der Waals surface area contributed by atoms with E-state index in [1.54, 1.807) is 25.3 Å². The predicted molar refractivity (Wildman–Crippen MR) is 39.3 cm³/mol. The first-order valence-electron chi connectivity index (χ1n) is 2.97. The summed E-state index contributed by atoms with van der Waals surface area (Å²) in [5.41, 5.74) is -0.0108. The van der Waals surface area contributed by atoms with E-state index in [9.17, 15) is 4.79 Å². The molecule has 1 aromatic rings. The van der Waals surface area contributed by atoms with E-state index in [1.165, 1.54) is 12.1 Å². The highest BCUT2D eigenvalue weighted by atomic mass is 16.5. The summed E-state index contributed by atoms with van der Waals surface area (Å²) in [5.74, 6) is 0.696. The first kappa shape index (κ1) is 6.81. The zero-order valence-corrected chi connectivity index (χ0v) is 5.70. The van der Waals surface area contributed by atoms with E-state index in [0.29, 0.717) is 5.75 Å². The maximum absolute atomic E-state index is 10.7. The van der Waals surface area contributed by atoms with Gasteiger partial charge < -0.3 is 4.74 Å². The molecule has 0 amide bonds. The molecule has 0 aromatic heterocycles. The maximum atomic E-state index is 10.7. The highest BCUT2D eigenvalue weighted by Gasteiger charge is 1.83. The molecule has 0 aliphatic carbocycles. The van der Waals surface area contributed by atoms with E-state index in [-0.39, 0.29) is 5.43 Å². The molecular weight excluding hydrogens is 128 g/mol. The van der Waals surface area contributed by atoms with Crippen molar-refractivity contribution >= 4 is 0 Å². The van der Waals surface area contributed by atoms with Crippen molar-refractivity contribution in [2.24, 2.45) is 0 Å². The summed E-state index contributed by atoms with van der Waals surface area (Å²) in [4.78, 5) is 10.7. The Balaban J connectivity index is 3.16. The molecule has 2 heteroatoms. The van der Waals surface area contributed by atoms with Gasteiger partial charge in [0, 0.05) is 0 Å². The second-order valence-electron chi connectivity index (χ2n) is 1.87. The monoisotopic (exact) mass is 136 g/mol. The van der Waals surface area contributed by atoms with Crippen LogP contribution >= 0.6 is 0 Å². The van der Waals surface area contributed by atoms with E-state index in [4.69, 9.17) is 4.74 Å². The summed E-state index contributed by atoms with van der Waals surface area (Å²) in [6.07, 6.45) is 0. The van der Waals surface area contributed by atoms with Crippen molar-refractivity contribution in [1.29, 1.82) is 0 Å². The van der Waals surface area contributed by atoms with Gasteiger partial charge in [-0.05, 0) is 24.3 Å². The highest BCUT2D eigenvalue weighted by Crippen LogP contribution is 2.02. The lowest BCUT2D eigenvalue weighted by Crippen LogP contribution is -1.87. The summed E-state index contributed by atoms with van der Waals surface area (Å²) < 4.78 is 4.89. The molecular formula is C8H8O2. The molecule has 0 atom stereocenters. The second kappa shape index (κ2) is 3.01. The Kier molecular flexibility index (Phi) is 2.05. The Morgan fingerprint density at radius 2 is 2.00 bits per heavy atom. The Labute approximate surface area is 59.1 Å². The van der Waals surface area contributed by atoms with Crippen molar-refractivity contribution in [3.8, 4) is 5.75 Å². The van der Waals surface area contributed by atoms with Gasteiger partial charge in [0.25, 0.3) is 0 Å². The first-order valence-corrected chi connectivity index (χ1v) is 2.97. The molecule has 0 N–H and O–H groups in total. The standard InChI is InChI=1S/C8H8O2/c1-10-8-4-2-3-7(9)5-6-8/h2-6H,1H3. The largest absolute Gasteiger partial charge is 0.497 e. The van der Waals surface area contributed by atoms with Crippen LogP contribution in [-0.4, -0.2) is 7.11 Å². The third-order valence-electron chi connectivity index (χ3n) is 1.17. The van der Waals surface area contributed by atoms with Crippen molar-refractivity contribution < 1.29 is 4.74 Å². The lowest BCUT2D eigenvalue weighted by molar-refractivity contribution is 0.415. The van der Waals surface area contributed by atoms with Crippen molar-refractivity contribution in [2.75, 3.05) is 7.11 Å². The SMILES string of the molecule is COc1cccc(=O)cc1. The molecule has 0 saturated heterocycles. The van der Waals surface area contributed by atoms with E-state index in [1.807, 2.05) is 0 Å². The van der Waals surface area contributed by atoms with Crippen LogP contribution in [0.3, 0.4) is 0 Å². The van der Waals surface area contributed by atoms with E-state index in [0.717, 1.165) is 0 Å². The van der Waals surface area contributed by atoms with Gasteiger partial charge in [0.1, 0.15) is 5.75 Å². The third kappa shape index (κ3) is 1.58. The lowest BCUT2D eigenvalue weighted by atomic mass is 10.5. The van der Waals surface area contributed by atoms with Crippen LogP contribution in [0, 0.1) is 0 Å². The van der Waals surface area contributed by atoms with Crippen LogP contribution in [0.15, 0.2) is 35.1 Å².